The molecule has 0 aliphatic carbocycles. The van der Waals surface area contributed by atoms with Crippen LogP contribution in [0.3, 0.4) is 0 Å². The van der Waals surface area contributed by atoms with Crippen molar-refractivity contribution in [3.05, 3.63) is 93.5 Å². The van der Waals surface area contributed by atoms with Crippen molar-refractivity contribution in [2.45, 2.75) is 77.4 Å². The van der Waals surface area contributed by atoms with Crippen molar-refractivity contribution >= 4 is 8.32 Å². The molecular weight excluding hydrogens is 470 g/mol. The topological polar surface area (TPSA) is 67.4 Å². The second-order valence-electron chi connectivity index (χ2n) is 10.4. The van der Waals surface area contributed by atoms with Gasteiger partial charge in [0.2, 0.25) is 0 Å². The van der Waals surface area contributed by atoms with Crippen LogP contribution in [-0.4, -0.2) is 22.2 Å². The average Bonchev–Trinajstić information content (AvgIpc) is 3.10. The lowest BCUT2D eigenvalue weighted by molar-refractivity contribution is 0.0727. The minimum atomic E-state index is -2.37. The molecule has 0 fully saturated rings. The molecule has 2 atom stereocenters. The SMILES string of the molecule is CC(C)[Si](OC1=C[C@@H](C)n2c(=O)n(-c3ccccc3)c(=O)n2[C@H]1Oc1ccccc1)(C(C)C)C(C)C. The maximum absolute atomic E-state index is 13.8. The number of hydrogen-bond donors (Lipinski definition) is 0. The number of benzene rings is 2. The van der Waals surface area contributed by atoms with Crippen LogP contribution in [0.1, 0.15) is 60.7 Å². The summed E-state index contributed by atoms with van der Waals surface area (Å²) in [5.41, 5.74) is 0.655. The Hall–Kier alpha value is -3.26. The molecule has 0 radical (unpaired) electrons. The summed E-state index contributed by atoms with van der Waals surface area (Å²) < 4.78 is 17.6. The van der Waals surface area contributed by atoms with Crippen LogP contribution in [0, 0.1) is 0 Å². The Morgan fingerprint density at radius 2 is 1.25 bits per heavy atom. The van der Waals surface area contributed by atoms with Gasteiger partial charge in [-0.3, -0.25) is 0 Å². The first-order valence-corrected chi connectivity index (χ1v) is 14.9. The highest BCUT2D eigenvalue weighted by molar-refractivity contribution is 6.77. The van der Waals surface area contributed by atoms with Gasteiger partial charge in [0.1, 0.15) is 11.5 Å². The van der Waals surface area contributed by atoms with Crippen molar-refractivity contribution in [2.24, 2.45) is 0 Å². The largest absolute Gasteiger partial charge is 0.542 e. The van der Waals surface area contributed by atoms with Gasteiger partial charge in [0, 0.05) is 0 Å². The van der Waals surface area contributed by atoms with Crippen molar-refractivity contribution in [1.82, 2.24) is 13.9 Å². The molecular formula is C28H37N3O4Si. The number of ether oxygens (including phenoxy) is 1. The number of aromatic nitrogens is 3. The fraction of sp³-hybridized carbons (Fsp3) is 0.429. The Bertz CT molecular complexity index is 1310. The predicted molar refractivity (Wildman–Crippen MR) is 145 cm³/mol. The van der Waals surface area contributed by atoms with Gasteiger partial charge in [0.25, 0.3) is 14.5 Å². The summed E-state index contributed by atoms with van der Waals surface area (Å²) in [6, 6.07) is 18.0. The van der Waals surface area contributed by atoms with E-state index in [0.717, 1.165) is 0 Å². The summed E-state index contributed by atoms with van der Waals surface area (Å²) in [5, 5.41) is 0. The number of nitrogens with zero attached hydrogens (tertiary/aromatic N) is 3. The Kier molecular flexibility index (Phi) is 7.18. The zero-order chi connectivity index (χ0) is 26.2. The highest BCUT2D eigenvalue weighted by Gasteiger charge is 2.49. The zero-order valence-corrected chi connectivity index (χ0v) is 23.2. The minimum Gasteiger partial charge on any atom is -0.542 e. The van der Waals surface area contributed by atoms with Crippen molar-refractivity contribution in [1.29, 1.82) is 0 Å². The first-order chi connectivity index (χ1) is 17.1. The molecule has 36 heavy (non-hydrogen) atoms. The maximum Gasteiger partial charge on any atom is 0.355 e. The van der Waals surface area contributed by atoms with Gasteiger partial charge in [-0.05, 0) is 53.9 Å². The standard InChI is InChI=1S/C28H37N3O4Si/c1-19(2)36(20(3)4,21(5)6)35-25-18-22(7)30-27(32)29(23-14-10-8-11-15-23)28(33)31(30)26(25)34-24-16-12-9-13-17-24/h8-22,26H,1-7H3/t22-,26+/m1/s1. The molecule has 8 heteroatoms. The second kappa shape index (κ2) is 10.0. The molecule has 0 saturated heterocycles. The Labute approximate surface area is 213 Å². The van der Waals surface area contributed by atoms with E-state index in [4.69, 9.17) is 9.16 Å². The fourth-order valence-electron chi connectivity index (χ4n) is 5.74. The van der Waals surface area contributed by atoms with Crippen LogP contribution in [0.4, 0.5) is 0 Å². The number of fused-ring (bicyclic) bond motifs is 1. The van der Waals surface area contributed by atoms with Crippen molar-refractivity contribution in [3.63, 3.8) is 0 Å². The molecule has 1 aliphatic heterocycles. The lowest BCUT2D eigenvalue weighted by Gasteiger charge is -2.44. The lowest BCUT2D eigenvalue weighted by Crippen LogP contribution is -2.50. The maximum atomic E-state index is 13.8. The van der Waals surface area contributed by atoms with E-state index in [1.54, 1.807) is 12.1 Å². The van der Waals surface area contributed by atoms with Crippen LogP contribution in [0.5, 0.6) is 5.75 Å². The van der Waals surface area contributed by atoms with E-state index in [1.165, 1.54) is 13.9 Å². The van der Waals surface area contributed by atoms with Crippen molar-refractivity contribution in [2.75, 3.05) is 0 Å². The van der Waals surface area contributed by atoms with E-state index in [9.17, 15) is 9.59 Å². The molecule has 1 aliphatic rings. The fourth-order valence-corrected chi connectivity index (χ4v) is 11.0. The molecule has 0 spiro atoms. The first-order valence-electron chi connectivity index (χ1n) is 12.7. The molecule has 0 N–H and O–H groups in total. The molecule has 192 valence electrons. The van der Waals surface area contributed by atoms with Crippen LogP contribution in [0.25, 0.3) is 5.69 Å². The van der Waals surface area contributed by atoms with Crippen LogP contribution in [0.15, 0.2) is 82.1 Å². The predicted octanol–water partition coefficient (Wildman–Crippen LogP) is 6.03. The van der Waals surface area contributed by atoms with Gasteiger partial charge in [-0.25, -0.2) is 18.8 Å². The van der Waals surface area contributed by atoms with E-state index in [-0.39, 0.29) is 6.04 Å². The van der Waals surface area contributed by atoms with Gasteiger partial charge in [0.15, 0.2) is 0 Å². The molecule has 0 amide bonds. The molecule has 3 aromatic rings. The van der Waals surface area contributed by atoms with E-state index in [2.05, 4.69) is 41.5 Å². The molecule has 0 unspecified atom stereocenters. The van der Waals surface area contributed by atoms with E-state index >= 15 is 0 Å². The molecule has 7 nitrogen and oxygen atoms in total. The number of para-hydroxylation sites is 2. The lowest BCUT2D eigenvalue weighted by atomic mass is 10.2. The van der Waals surface area contributed by atoms with Crippen LogP contribution in [-0.2, 0) is 4.43 Å². The molecule has 0 bridgehead atoms. The van der Waals surface area contributed by atoms with Gasteiger partial charge in [-0.15, -0.1) is 0 Å². The van der Waals surface area contributed by atoms with Gasteiger partial charge in [-0.1, -0.05) is 77.9 Å². The van der Waals surface area contributed by atoms with E-state index in [1.807, 2.05) is 61.5 Å². The molecule has 2 heterocycles. The Balaban J connectivity index is 1.92. The van der Waals surface area contributed by atoms with Gasteiger partial charge in [-0.2, -0.15) is 4.68 Å². The smallest absolute Gasteiger partial charge is 0.355 e. The molecule has 2 aromatic carbocycles. The van der Waals surface area contributed by atoms with E-state index in [0.29, 0.717) is 33.8 Å². The summed E-state index contributed by atoms with van der Waals surface area (Å²) in [7, 11) is -2.37. The Morgan fingerprint density at radius 3 is 1.78 bits per heavy atom. The normalized spacial score (nSPS) is 17.9. The monoisotopic (exact) mass is 507 g/mol. The highest BCUT2D eigenvalue weighted by Crippen LogP contribution is 2.45. The molecule has 1 aromatic heterocycles. The van der Waals surface area contributed by atoms with Crippen LogP contribution >= 0.6 is 0 Å². The molecule has 0 saturated carbocycles. The number of hydrogen-bond acceptors (Lipinski definition) is 4. The van der Waals surface area contributed by atoms with Gasteiger partial charge >= 0.3 is 11.4 Å². The number of allylic oxidation sites excluding steroid dienone is 1. The van der Waals surface area contributed by atoms with Gasteiger partial charge in [0.05, 0.1) is 11.7 Å². The average molecular weight is 508 g/mol. The zero-order valence-electron chi connectivity index (χ0n) is 22.2. The summed E-state index contributed by atoms with van der Waals surface area (Å²) in [5.74, 6) is 1.19. The van der Waals surface area contributed by atoms with Crippen LogP contribution in [0.2, 0.25) is 16.6 Å². The highest BCUT2D eigenvalue weighted by atomic mass is 28.4. The summed E-state index contributed by atoms with van der Waals surface area (Å²) in [4.78, 5) is 27.4. The third kappa shape index (κ3) is 4.27. The van der Waals surface area contributed by atoms with Crippen LogP contribution < -0.4 is 16.1 Å². The van der Waals surface area contributed by atoms with E-state index < -0.39 is 25.9 Å². The number of rotatable bonds is 8. The molecule has 4 rings (SSSR count). The minimum absolute atomic E-state index is 0.334. The van der Waals surface area contributed by atoms with Crippen molar-refractivity contribution < 1.29 is 9.16 Å². The Morgan fingerprint density at radius 1 is 0.750 bits per heavy atom. The first kappa shape index (κ1) is 25.8. The van der Waals surface area contributed by atoms with Gasteiger partial charge < -0.3 is 9.16 Å². The second-order valence-corrected chi connectivity index (χ2v) is 15.8. The third-order valence-corrected chi connectivity index (χ3v) is 13.3. The van der Waals surface area contributed by atoms with Crippen molar-refractivity contribution in [3.8, 4) is 11.4 Å². The third-order valence-electron chi connectivity index (χ3n) is 7.27. The summed E-state index contributed by atoms with van der Waals surface area (Å²) in [6.07, 6.45) is 1.04. The summed E-state index contributed by atoms with van der Waals surface area (Å²) >= 11 is 0. The summed E-state index contributed by atoms with van der Waals surface area (Å²) in [6.45, 7) is 15.2. The quantitative estimate of drug-likeness (QED) is 0.349.